The second-order valence-electron chi connectivity index (χ2n) is 2.54. The molecule has 0 saturated heterocycles. The van der Waals surface area contributed by atoms with Crippen LogP contribution >= 0.6 is 0 Å². The molecule has 2 atom stereocenters. The van der Waals surface area contributed by atoms with Gasteiger partial charge in [0, 0.05) is 13.2 Å². The van der Waals surface area contributed by atoms with Gasteiger partial charge in [0.15, 0.2) is 0 Å². The first kappa shape index (κ1) is 10.5. The summed E-state index contributed by atoms with van der Waals surface area (Å²) in [6.07, 6.45) is 0.244. The van der Waals surface area contributed by atoms with Crippen molar-refractivity contribution in [1.82, 2.24) is 5.32 Å². The van der Waals surface area contributed by atoms with Gasteiger partial charge in [0.25, 0.3) is 0 Å². The van der Waals surface area contributed by atoms with E-state index in [1.54, 1.807) is 7.11 Å². The number of hydrogen-bond acceptors (Lipinski definition) is 2. The molecule has 0 aliphatic carbocycles. The van der Waals surface area contributed by atoms with Crippen molar-refractivity contribution in [2.75, 3.05) is 13.7 Å². The summed E-state index contributed by atoms with van der Waals surface area (Å²) in [6, 6.07) is 0.362. The van der Waals surface area contributed by atoms with Gasteiger partial charge in [-0.1, -0.05) is 5.92 Å². The minimum Gasteiger partial charge on any atom is -0.380 e. The predicted octanol–water partition coefficient (Wildman–Crippen LogP) is 1.02. The van der Waals surface area contributed by atoms with E-state index in [9.17, 15) is 0 Å². The average Bonchev–Trinajstić information content (AvgIpc) is 2.03. The van der Waals surface area contributed by atoms with E-state index in [0.29, 0.717) is 6.04 Å². The van der Waals surface area contributed by atoms with Gasteiger partial charge in [-0.2, -0.15) is 0 Å². The molecule has 0 spiro atoms. The van der Waals surface area contributed by atoms with Crippen LogP contribution in [0.5, 0.6) is 0 Å². The first-order valence-corrected chi connectivity index (χ1v) is 3.88. The Morgan fingerprint density at radius 3 is 2.55 bits per heavy atom. The van der Waals surface area contributed by atoms with Crippen LogP contribution in [-0.2, 0) is 4.74 Å². The lowest BCUT2D eigenvalue weighted by molar-refractivity contribution is 0.0902. The lowest BCUT2D eigenvalue weighted by atomic mass is 10.2. The molecule has 64 valence electrons. The van der Waals surface area contributed by atoms with Crippen LogP contribution in [0.2, 0.25) is 0 Å². The number of nitrogens with one attached hydrogen (secondary N) is 1. The Morgan fingerprint density at radius 2 is 2.09 bits per heavy atom. The van der Waals surface area contributed by atoms with Gasteiger partial charge in [-0.15, -0.1) is 5.92 Å². The summed E-state index contributed by atoms with van der Waals surface area (Å²) in [4.78, 5) is 0. The molecule has 1 N–H and O–H groups in total. The van der Waals surface area contributed by atoms with Crippen LogP contribution < -0.4 is 5.32 Å². The maximum Gasteiger partial charge on any atom is 0.0693 e. The molecule has 0 aliphatic rings. The summed E-state index contributed by atoms with van der Waals surface area (Å²) in [5.74, 6) is 5.77. The molecule has 0 aromatic heterocycles. The molecule has 2 nitrogen and oxygen atoms in total. The molecule has 2 heteroatoms. The first-order chi connectivity index (χ1) is 5.22. The third-order valence-corrected chi connectivity index (χ3v) is 1.77. The summed E-state index contributed by atoms with van der Waals surface area (Å²) < 4.78 is 5.13. The van der Waals surface area contributed by atoms with Crippen molar-refractivity contribution >= 4 is 0 Å². The molecule has 0 heterocycles. The van der Waals surface area contributed by atoms with Gasteiger partial charge < -0.3 is 10.1 Å². The molecule has 0 saturated carbocycles. The molecule has 2 unspecified atom stereocenters. The molecule has 0 amide bonds. The quantitative estimate of drug-likeness (QED) is 0.612. The Bertz CT molecular complexity index is 145. The van der Waals surface area contributed by atoms with E-state index in [2.05, 4.69) is 24.1 Å². The molecule has 0 fully saturated rings. The zero-order valence-corrected chi connectivity index (χ0v) is 7.77. The van der Waals surface area contributed by atoms with Gasteiger partial charge in [0.05, 0.1) is 12.6 Å². The maximum atomic E-state index is 5.13. The fourth-order valence-electron chi connectivity index (χ4n) is 0.670. The van der Waals surface area contributed by atoms with Crippen LogP contribution in [0.4, 0.5) is 0 Å². The molecular formula is C9H17NO. The van der Waals surface area contributed by atoms with Gasteiger partial charge in [-0.05, 0) is 20.8 Å². The highest BCUT2D eigenvalue weighted by Crippen LogP contribution is 1.94. The Hall–Kier alpha value is -0.520. The third kappa shape index (κ3) is 4.83. The van der Waals surface area contributed by atoms with E-state index < -0.39 is 0 Å². The average molecular weight is 155 g/mol. The van der Waals surface area contributed by atoms with E-state index >= 15 is 0 Å². The monoisotopic (exact) mass is 155 g/mol. The van der Waals surface area contributed by atoms with Crippen LogP contribution in [0.25, 0.3) is 0 Å². The van der Waals surface area contributed by atoms with E-state index in [-0.39, 0.29) is 6.10 Å². The lowest BCUT2D eigenvalue weighted by Crippen LogP contribution is -2.36. The molecular weight excluding hydrogens is 138 g/mol. The Balaban J connectivity index is 3.48. The summed E-state index contributed by atoms with van der Waals surface area (Å²) in [6.45, 7) is 6.71. The van der Waals surface area contributed by atoms with Gasteiger partial charge in [-0.3, -0.25) is 0 Å². The van der Waals surface area contributed by atoms with Gasteiger partial charge in [0.2, 0.25) is 0 Å². The van der Waals surface area contributed by atoms with Crippen LogP contribution in [0, 0.1) is 11.8 Å². The Morgan fingerprint density at radius 1 is 1.45 bits per heavy atom. The Labute approximate surface area is 69.3 Å². The summed E-state index contributed by atoms with van der Waals surface area (Å²) in [7, 11) is 1.72. The number of rotatable bonds is 4. The maximum absolute atomic E-state index is 5.13. The molecule has 0 aromatic rings. The molecule has 0 radical (unpaired) electrons. The lowest BCUT2D eigenvalue weighted by Gasteiger charge is -2.18. The van der Waals surface area contributed by atoms with Crippen LogP contribution in [0.3, 0.4) is 0 Å². The standard InChI is InChI=1S/C9H17NO/c1-5-6-7-10-8(2)9(3)11-4/h8-10H,7H2,1-4H3. The van der Waals surface area contributed by atoms with Crippen LogP contribution in [0.1, 0.15) is 20.8 Å². The van der Waals surface area contributed by atoms with Crippen molar-refractivity contribution in [2.24, 2.45) is 0 Å². The van der Waals surface area contributed by atoms with E-state index in [1.165, 1.54) is 0 Å². The van der Waals surface area contributed by atoms with E-state index in [4.69, 9.17) is 4.74 Å². The summed E-state index contributed by atoms with van der Waals surface area (Å²) in [5, 5.41) is 3.24. The van der Waals surface area contributed by atoms with E-state index in [0.717, 1.165) is 6.54 Å². The minimum absolute atomic E-state index is 0.244. The minimum atomic E-state index is 0.244. The van der Waals surface area contributed by atoms with Crippen LogP contribution in [-0.4, -0.2) is 25.8 Å². The fraction of sp³-hybridized carbons (Fsp3) is 0.778. The number of ether oxygens (including phenoxy) is 1. The zero-order chi connectivity index (χ0) is 8.69. The fourth-order valence-corrected chi connectivity index (χ4v) is 0.670. The molecule has 0 aromatic carbocycles. The summed E-state index contributed by atoms with van der Waals surface area (Å²) in [5.41, 5.74) is 0. The second-order valence-corrected chi connectivity index (χ2v) is 2.54. The molecule has 11 heavy (non-hydrogen) atoms. The van der Waals surface area contributed by atoms with Crippen molar-refractivity contribution in [2.45, 2.75) is 32.9 Å². The zero-order valence-electron chi connectivity index (χ0n) is 7.77. The first-order valence-electron chi connectivity index (χ1n) is 3.88. The SMILES string of the molecule is CC#CCNC(C)C(C)OC. The van der Waals surface area contributed by atoms with Crippen molar-refractivity contribution in [3.05, 3.63) is 0 Å². The highest BCUT2D eigenvalue weighted by molar-refractivity contribution is 4.97. The van der Waals surface area contributed by atoms with Crippen LogP contribution in [0.15, 0.2) is 0 Å². The largest absolute Gasteiger partial charge is 0.380 e. The smallest absolute Gasteiger partial charge is 0.0693 e. The molecule has 0 rings (SSSR count). The second kappa shape index (κ2) is 6.21. The number of methoxy groups -OCH3 is 1. The highest BCUT2D eigenvalue weighted by atomic mass is 16.5. The van der Waals surface area contributed by atoms with Crippen molar-refractivity contribution in [3.8, 4) is 11.8 Å². The third-order valence-electron chi connectivity index (χ3n) is 1.77. The normalized spacial score (nSPS) is 14.9. The van der Waals surface area contributed by atoms with Gasteiger partial charge in [-0.25, -0.2) is 0 Å². The van der Waals surface area contributed by atoms with Crippen molar-refractivity contribution in [3.63, 3.8) is 0 Å². The topological polar surface area (TPSA) is 21.3 Å². The molecule has 0 aliphatic heterocycles. The predicted molar refractivity (Wildman–Crippen MR) is 47.4 cm³/mol. The van der Waals surface area contributed by atoms with E-state index in [1.807, 2.05) is 13.8 Å². The van der Waals surface area contributed by atoms with Gasteiger partial charge in [0.1, 0.15) is 0 Å². The van der Waals surface area contributed by atoms with Gasteiger partial charge >= 0.3 is 0 Å². The van der Waals surface area contributed by atoms with Crippen molar-refractivity contribution in [1.29, 1.82) is 0 Å². The van der Waals surface area contributed by atoms with Crippen molar-refractivity contribution < 1.29 is 4.74 Å². The number of hydrogen-bond donors (Lipinski definition) is 1. The molecule has 0 bridgehead atoms. The summed E-state index contributed by atoms with van der Waals surface area (Å²) >= 11 is 0. The Kier molecular flexibility index (Phi) is 5.91. The highest BCUT2D eigenvalue weighted by Gasteiger charge is 2.08.